The number of amides is 3. The molecule has 2 saturated heterocycles. The van der Waals surface area contributed by atoms with Crippen molar-refractivity contribution < 1.29 is 14.4 Å². The van der Waals surface area contributed by atoms with Crippen LogP contribution in [0.3, 0.4) is 0 Å². The number of likely N-dealkylation sites (tertiary alicyclic amines) is 2. The van der Waals surface area contributed by atoms with E-state index in [1.165, 1.54) is 0 Å². The maximum absolute atomic E-state index is 12.7. The van der Waals surface area contributed by atoms with Gasteiger partial charge in [-0.05, 0) is 44.7 Å². The normalized spacial score (nSPS) is 19.4. The Hall–Kier alpha value is -2.37. The summed E-state index contributed by atoms with van der Waals surface area (Å²) in [5.74, 6) is -0.191. The summed E-state index contributed by atoms with van der Waals surface area (Å²) in [6.07, 6.45) is 2.72. The van der Waals surface area contributed by atoms with E-state index >= 15 is 0 Å². The zero-order valence-corrected chi connectivity index (χ0v) is 15.3. The minimum atomic E-state index is -0.264. The van der Waals surface area contributed by atoms with Gasteiger partial charge in [-0.2, -0.15) is 0 Å². The lowest BCUT2D eigenvalue weighted by Gasteiger charge is -2.36. The number of aryl methyl sites for hydroxylation is 1. The third-order valence-electron chi connectivity index (χ3n) is 5.64. The molecule has 3 rings (SSSR count). The number of carbonyl (C=O) groups excluding carboxylic acids is 3. The number of primary amides is 1. The van der Waals surface area contributed by atoms with E-state index in [2.05, 4.69) is 0 Å². The van der Waals surface area contributed by atoms with Gasteiger partial charge in [0.1, 0.15) is 0 Å². The van der Waals surface area contributed by atoms with Crippen LogP contribution in [0.1, 0.15) is 41.6 Å². The first-order valence-corrected chi connectivity index (χ1v) is 9.39. The van der Waals surface area contributed by atoms with Gasteiger partial charge in [-0.25, -0.2) is 0 Å². The molecule has 0 radical (unpaired) electrons. The maximum atomic E-state index is 12.7. The molecule has 2 aliphatic rings. The van der Waals surface area contributed by atoms with Gasteiger partial charge in [-0.15, -0.1) is 0 Å². The zero-order valence-electron chi connectivity index (χ0n) is 15.3. The minimum absolute atomic E-state index is 0.0257. The smallest absolute Gasteiger partial charge is 0.253 e. The predicted molar refractivity (Wildman–Crippen MR) is 98.3 cm³/mol. The van der Waals surface area contributed by atoms with Gasteiger partial charge >= 0.3 is 0 Å². The van der Waals surface area contributed by atoms with Crippen molar-refractivity contribution in [3.63, 3.8) is 0 Å². The van der Waals surface area contributed by atoms with E-state index in [1.54, 1.807) is 0 Å². The summed E-state index contributed by atoms with van der Waals surface area (Å²) in [5.41, 5.74) is 7.18. The molecule has 2 N–H and O–H groups in total. The van der Waals surface area contributed by atoms with E-state index in [1.807, 2.05) is 41.0 Å². The van der Waals surface area contributed by atoms with Crippen molar-refractivity contribution >= 4 is 17.7 Å². The Bertz CT molecular complexity index is 670. The second kappa shape index (κ2) is 7.89. The zero-order chi connectivity index (χ0) is 18.7. The van der Waals surface area contributed by atoms with Crippen LogP contribution in [0.2, 0.25) is 0 Å². The minimum Gasteiger partial charge on any atom is -0.369 e. The summed E-state index contributed by atoms with van der Waals surface area (Å²) in [6, 6.07) is 7.61. The van der Waals surface area contributed by atoms with Crippen molar-refractivity contribution in [2.75, 3.05) is 26.2 Å². The average Bonchev–Trinajstić information content (AvgIpc) is 2.67. The van der Waals surface area contributed by atoms with Gasteiger partial charge in [0.15, 0.2) is 0 Å². The lowest BCUT2D eigenvalue weighted by atomic mass is 9.91. The number of benzene rings is 1. The van der Waals surface area contributed by atoms with Crippen molar-refractivity contribution in [2.45, 2.75) is 32.6 Å². The molecule has 6 heteroatoms. The van der Waals surface area contributed by atoms with Crippen LogP contribution in [0, 0.1) is 18.8 Å². The van der Waals surface area contributed by atoms with Crippen molar-refractivity contribution in [2.24, 2.45) is 17.6 Å². The summed E-state index contributed by atoms with van der Waals surface area (Å²) in [4.78, 5) is 40.2. The molecule has 2 heterocycles. The summed E-state index contributed by atoms with van der Waals surface area (Å²) < 4.78 is 0. The fraction of sp³-hybridized carbons (Fsp3) is 0.550. The molecular weight excluding hydrogens is 330 g/mol. The number of nitrogens with zero attached hydrogens (tertiary/aromatic N) is 2. The summed E-state index contributed by atoms with van der Waals surface area (Å²) in [7, 11) is 0. The molecule has 6 nitrogen and oxygen atoms in total. The Kier molecular flexibility index (Phi) is 5.59. The van der Waals surface area contributed by atoms with Gasteiger partial charge in [-0.1, -0.05) is 17.7 Å². The number of rotatable bonds is 3. The molecule has 2 fully saturated rings. The Morgan fingerprint density at radius 2 is 1.35 bits per heavy atom. The van der Waals surface area contributed by atoms with Gasteiger partial charge in [-0.3, -0.25) is 14.4 Å². The summed E-state index contributed by atoms with van der Waals surface area (Å²) in [5, 5.41) is 0. The standard InChI is InChI=1S/C20H27N3O3/c1-14-2-4-16(5-3-14)19(25)23-12-8-17(9-13-23)20(26)22-10-6-15(7-11-22)18(21)24/h2-5,15,17H,6-13H2,1H3,(H2,21,24). The lowest BCUT2D eigenvalue weighted by Crippen LogP contribution is -2.47. The molecular formula is C20H27N3O3. The fourth-order valence-electron chi connectivity index (χ4n) is 3.85. The van der Waals surface area contributed by atoms with Crippen molar-refractivity contribution in [1.29, 1.82) is 0 Å². The second-order valence-corrected chi connectivity index (χ2v) is 7.43. The first-order valence-electron chi connectivity index (χ1n) is 9.39. The highest BCUT2D eigenvalue weighted by molar-refractivity contribution is 5.94. The van der Waals surface area contributed by atoms with Crippen molar-refractivity contribution in [3.05, 3.63) is 35.4 Å². The van der Waals surface area contributed by atoms with Crippen molar-refractivity contribution in [1.82, 2.24) is 9.80 Å². The maximum Gasteiger partial charge on any atom is 0.253 e. The van der Waals surface area contributed by atoms with E-state index in [0.717, 1.165) is 5.56 Å². The highest BCUT2D eigenvalue weighted by Gasteiger charge is 2.33. The first-order chi connectivity index (χ1) is 12.5. The quantitative estimate of drug-likeness (QED) is 0.891. The Labute approximate surface area is 154 Å². The molecule has 0 atom stereocenters. The van der Waals surface area contributed by atoms with E-state index in [4.69, 9.17) is 5.73 Å². The molecule has 0 aromatic heterocycles. The molecule has 1 aromatic rings. The molecule has 1 aromatic carbocycles. The van der Waals surface area contributed by atoms with Gasteiger partial charge < -0.3 is 15.5 Å². The summed E-state index contributed by atoms with van der Waals surface area (Å²) in [6.45, 7) is 4.43. The summed E-state index contributed by atoms with van der Waals surface area (Å²) >= 11 is 0. The van der Waals surface area contributed by atoms with Crippen LogP contribution >= 0.6 is 0 Å². The lowest BCUT2D eigenvalue weighted by molar-refractivity contribution is -0.139. The number of carbonyl (C=O) groups is 3. The number of nitrogens with two attached hydrogens (primary N) is 1. The number of hydrogen-bond acceptors (Lipinski definition) is 3. The van der Waals surface area contributed by atoms with E-state index < -0.39 is 0 Å². The van der Waals surface area contributed by atoms with Crippen molar-refractivity contribution in [3.8, 4) is 0 Å². The van der Waals surface area contributed by atoms with Crippen LogP contribution in [-0.4, -0.2) is 53.7 Å². The molecule has 0 bridgehead atoms. The van der Waals surface area contributed by atoms with Gasteiger partial charge in [0.2, 0.25) is 11.8 Å². The highest BCUT2D eigenvalue weighted by Crippen LogP contribution is 2.24. The van der Waals surface area contributed by atoms with Crippen LogP contribution < -0.4 is 5.73 Å². The van der Waals surface area contributed by atoms with Crippen LogP contribution in [0.15, 0.2) is 24.3 Å². The topological polar surface area (TPSA) is 83.7 Å². The van der Waals surface area contributed by atoms with Gasteiger partial charge in [0.25, 0.3) is 5.91 Å². The van der Waals surface area contributed by atoms with Crippen LogP contribution in [0.25, 0.3) is 0 Å². The fourth-order valence-corrected chi connectivity index (χ4v) is 3.85. The van der Waals surface area contributed by atoms with E-state index in [9.17, 15) is 14.4 Å². The molecule has 0 unspecified atom stereocenters. The van der Waals surface area contributed by atoms with E-state index in [-0.39, 0.29) is 29.6 Å². The second-order valence-electron chi connectivity index (χ2n) is 7.43. The SMILES string of the molecule is Cc1ccc(C(=O)N2CCC(C(=O)N3CCC(C(N)=O)CC3)CC2)cc1. The molecule has 0 spiro atoms. The van der Waals surface area contributed by atoms with E-state index in [0.29, 0.717) is 57.4 Å². The molecule has 0 aliphatic carbocycles. The Morgan fingerprint density at radius 3 is 1.88 bits per heavy atom. The number of hydrogen-bond donors (Lipinski definition) is 1. The van der Waals surface area contributed by atoms with Gasteiger partial charge in [0, 0.05) is 43.6 Å². The molecule has 2 aliphatic heterocycles. The first kappa shape index (κ1) is 18.4. The average molecular weight is 357 g/mol. The molecule has 26 heavy (non-hydrogen) atoms. The molecule has 3 amide bonds. The Balaban J connectivity index is 1.50. The number of piperidine rings is 2. The predicted octanol–water partition coefficient (Wildman–Crippen LogP) is 1.57. The third kappa shape index (κ3) is 4.06. The third-order valence-corrected chi connectivity index (χ3v) is 5.64. The molecule has 0 saturated carbocycles. The highest BCUT2D eigenvalue weighted by atomic mass is 16.2. The van der Waals surface area contributed by atoms with Crippen LogP contribution in [-0.2, 0) is 9.59 Å². The van der Waals surface area contributed by atoms with Crippen LogP contribution in [0.4, 0.5) is 0 Å². The molecule has 140 valence electrons. The Morgan fingerprint density at radius 1 is 0.846 bits per heavy atom. The van der Waals surface area contributed by atoms with Gasteiger partial charge in [0.05, 0.1) is 0 Å². The van der Waals surface area contributed by atoms with Crippen LogP contribution in [0.5, 0.6) is 0 Å². The monoisotopic (exact) mass is 357 g/mol. The largest absolute Gasteiger partial charge is 0.369 e.